The van der Waals surface area contributed by atoms with Gasteiger partial charge in [0.15, 0.2) is 0 Å². The first-order chi connectivity index (χ1) is 15.3. The van der Waals surface area contributed by atoms with E-state index < -0.39 is 66.2 Å². The summed E-state index contributed by atoms with van der Waals surface area (Å²) in [6.07, 6.45) is -0.664. The van der Waals surface area contributed by atoms with Crippen LogP contribution in [0.3, 0.4) is 0 Å². The summed E-state index contributed by atoms with van der Waals surface area (Å²) in [5.41, 5.74) is 6.59. The first-order valence-corrected chi connectivity index (χ1v) is 10.2. The van der Waals surface area contributed by atoms with E-state index in [0.29, 0.717) is 5.56 Å². The number of benzene rings is 1. The second-order valence-corrected chi connectivity index (χ2v) is 7.93. The van der Waals surface area contributed by atoms with Crippen LogP contribution in [-0.2, 0) is 30.4 Å². The van der Waals surface area contributed by atoms with Crippen molar-refractivity contribution in [1.82, 2.24) is 16.0 Å². The number of phenols is 1. The number of aliphatic carboxylic acids is 2. The molecule has 3 amide bonds. The van der Waals surface area contributed by atoms with Crippen LogP contribution in [0.2, 0.25) is 0 Å². The van der Waals surface area contributed by atoms with Crippen molar-refractivity contribution < 1.29 is 39.3 Å². The molecule has 1 rings (SSSR count). The summed E-state index contributed by atoms with van der Waals surface area (Å²) < 4.78 is 0. The molecule has 0 aliphatic rings. The molecular weight excluding hydrogens is 436 g/mol. The van der Waals surface area contributed by atoms with Crippen molar-refractivity contribution in [1.29, 1.82) is 0 Å². The zero-order valence-electron chi connectivity index (χ0n) is 18.6. The zero-order valence-corrected chi connectivity index (χ0v) is 18.6. The van der Waals surface area contributed by atoms with Gasteiger partial charge < -0.3 is 37.0 Å². The molecule has 0 saturated carbocycles. The summed E-state index contributed by atoms with van der Waals surface area (Å²) in [5.74, 6) is -5.51. The largest absolute Gasteiger partial charge is 0.508 e. The number of amides is 3. The molecule has 182 valence electrons. The number of hydrogen-bond acceptors (Lipinski definition) is 7. The molecule has 33 heavy (non-hydrogen) atoms. The molecule has 0 bridgehead atoms. The molecule has 0 aliphatic carbocycles. The third-order valence-electron chi connectivity index (χ3n) is 4.72. The van der Waals surface area contributed by atoms with Crippen LogP contribution < -0.4 is 21.7 Å². The number of nitrogens with two attached hydrogens (primary N) is 1. The van der Waals surface area contributed by atoms with Crippen LogP contribution in [0.25, 0.3) is 0 Å². The van der Waals surface area contributed by atoms with Crippen LogP contribution in [0.5, 0.6) is 5.75 Å². The maximum Gasteiger partial charge on any atom is 0.326 e. The van der Waals surface area contributed by atoms with Gasteiger partial charge in [0, 0.05) is 0 Å². The van der Waals surface area contributed by atoms with Gasteiger partial charge in [0.05, 0.1) is 12.5 Å². The van der Waals surface area contributed by atoms with Gasteiger partial charge in [-0.15, -0.1) is 0 Å². The quantitative estimate of drug-likeness (QED) is 0.200. The highest BCUT2D eigenvalue weighted by molar-refractivity contribution is 5.94. The van der Waals surface area contributed by atoms with Crippen molar-refractivity contribution in [2.75, 3.05) is 0 Å². The van der Waals surface area contributed by atoms with E-state index in [2.05, 4.69) is 16.0 Å². The number of aromatic hydroxyl groups is 1. The lowest BCUT2D eigenvalue weighted by Gasteiger charge is -2.25. The molecule has 0 heterocycles. The Kier molecular flexibility index (Phi) is 10.3. The molecule has 12 heteroatoms. The standard InChI is InChI=1S/C21H30N4O8/c1-10(2)17(20(31)24-15(21(32)33)9-16(27)28)25-18(29)11(3)23-19(30)14(22)8-12-4-6-13(26)7-5-12/h4-7,10-11,14-15,17,26H,8-9,22H2,1-3H3,(H,23,30)(H,24,31)(H,25,29)(H,27,28)(H,32,33). The van der Waals surface area contributed by atoms with Crippen molar-refractivity contribution in [2.24, 2.45) is 11.7 Å². The highest BCUT2D eigenvalue weighted by atomic mass is 16.4. The highest BCUT2D eigenvalue weighted by Crippen LogP contribution is 2.11. The fourth-order valence-electron chi connectivity index (χ4n) is 2.81. The minimum absolute atomic E-state index is 0.0726. The monoisotopic (exact) mass is 466 g/mol. The van der Waals surface area contributed by atoms with Crippen molar-refractivity contribution in [2.45, 2.75) is 57.8 Å². The number of carboxylic acid groups (broad SMARTS) is 2. The van der Waals surface area contributed by atoms with Gasteiger partial charge in [0.2, 0.25) is 17.7 Å². The van der Waals surface area contributed by atoms with Gasteiger partial charge in [-0.3, -0.25) is 19.2 Å². The Labute approximate surface area is 190 Å². The van der Waals surface area contributed by atoms with Gasteiger partial charge >= 0.3 is 11.9 Å². The molecule has 0 fully saturated rings. The minimum atomic E-state index is -1.66. The zero-order chi connectivity index (χ0) is 25.3. The predicted octanol–water partition coefficient (Wildman–Crippen LogP) is -1.05. The summed E-state index contributed by atoms with van der Waals surface area (Å²) >= 11 is 0. The van der Waals surface area contributed by atoms with Crippen LogP contribution in [0.4, 0.5) is 0 Å². The van der Waals surface area contributed by atoms with Gasteiger partial charge in [0.25, 0.3) is 0 Å². The van der Waals surface area contributed by atoms with Gasteiger partial charge in [-0.2, -0.15) is 0 Å². The van der Waals surface area contributed by atoms with Crippen LogP contribution >= 0.6 is 0 Å². The predicted molar refractivity (Wildman–Crippen MR) is 116 cm³/mol. The van der Waals surface area contributed by atoms with E-state index in [1.54, 1.807) is 26.0 Å². The lowest BCUT2D eigenvalue weighted by molar-refractivity contribution is -0.147. The molecular formula is C21H30N4O8. The van der Waals surface area contributed by atoms with Gasteiger partial charge in [0.1, 0.15) is 23.9 Å². The molecule has 4 unspecified atom stereocenters. The number of hydrogen-bond donors (Lipinski definition) is 7. The topological polar surface area (TPSA) is 208 Å². The van der Waals surface area contributed by atoms with Crippen molar-refractivity contribution in [3.63, 3.8) is 0 Å². The van der Waals surface area contributed by atoms with Crippen LogP contribution in [0.15, 0.2) is 24.3 Å². The van der Waals surface area contributed by atoms with E-state index in [4.69, 9.17) is 15.9 Å². The number of carbonyl (C=O) groups excluding carboxylic acids is 3. The first kappa shape index (κ1) is 27.4. The number of phenolic OH excluding ortho intramolecular Hbond substituents is 1. The highest BCUT2D eigenvalue weighted by Gasteiger charge is 2.31. The molecule has 0 aliphatic heterocycles. The second kappa shape index (κ2) is 12.4. The summed E-state index contributed by atoms with van der Waals surface area (Å²) in [7, 11) is 0. The Morgan fingerprint density at radius 3 is 1.94 bits per heavy atom. The lowest BCUT2D eigenvalue weighted by Crippen LogP contribution is -2.58. The average Bonchev–Trinajstić information content (AvgIpc) is 2.71. The van der Waals surface area contributed by atoms with Crippen LogP contribution in [0, 0.1) is 5.92 Å². The summed E-state index contributed by atoms with van der Waals surface area (Å²) in [6.45, 7) is 4.60. The molecule has 1 aromatic carbocycles. The maximum absolute atomic E-state index is 12.5. The smallest absolute Gasteiger partial charge is 0.326 e. The van der Waals surface area contributed by atoms with E-state index in [9.17, 15) is 29.1 Å². The number of carbonyl (C=O) groups is 5. The van der Waals surface area contributed by atoms with Gasteiger partial charge in [-0.05, 0) is 37.0 Å². The summed E-state index contributed by atoms with van der Waals surface area (Å²) in [6, 6.07) is 1.27. The van der Waals surface area contributed by atoms with Crippen LogP contribution in [0.1, 0.15) is 32.8 Å². The van der Waals surface area contributed by atoms with Crippen molar-refractivity contribution >= 4 is 29.7 Å². The Bertz CT molecular complexity index is 872. The maximum atomic E-state index is 12.5. The Balaban J connectivity index is 2.72. The molecule has 4 atom stereocenters. The molecule has 12 nitrogen and oxygen atoms in total. The van der Waals surface area contributed by atoms with E-state index in [-0.39, 0.29) is 12.2 Å². The van der Waals surface area contributed by atoms with Crippen molar-refractivity contribution in [3.05, 3.63) is 29.8 Å². The Hall–Kier alpha value is -3.67. The number of rotatable bonds is 12. The summed E-state index contributed by atoms with van der Waals surface area (Å²) in [4.78, 5) is 59.4. The number of nitrogens with one attached hydrogen (secondary N) is 3. The lowest BCUT2D eigenvalue weighted by atomic mass is 10.0. The Morgan fingerprint density at radius 2 is 1.45 bits per heavy atom. The molecule has 8 N–H and O–H groups in total. The normalized spacial score (nSPS) is 14.5. The van der Waals surface area contributed by atoms with Crippen LogP contribution in [-0.4, -0.2) is 69.1 Å². The fraction of sp³-hybridized carbons (Fsp3) is 0.476. The van der Waals surface area contributed by atoms with Gasteiger partial charge in [-0.25, -0.2) is 4.79 Å². The number of carboxylic acids is 2. The molecule has 0 spiro atoms. The van der Waals surface area contributed by atoms with E-state index >= 15 is 0 Å². The second-order valence-electron chi connectivity index (χ2n) is 7.93. The van der Waals surface area contributed by atoms with E-state index in [1.165, 1.54) is 19.1 Å². The SMILES string of the molecule is CC(NC(=O)C(N)Cc1ccc(O)cc1)C(=O)NC(C(=O)NC(CC(=O)O)C(=O)O)C(C)C. The minimum Gasteiger partial charge on any atom is -0.508 e. The van der Waals surface area contributed by atoms with E-state index in [0.717, 1.165) is 0 Å². The molecule has 0 radical (unpaired) electrons. The third kappa shape index (κ3) is 9.15. The Morgan fingerprint density at radius 1 is 0.879 bits per heavy atom. The summed E-state index contributed by atoms with van der Waals surface area (Å²) in [5, 5.41) is 34.2. The van der Waals surface area contributed by atoms with Crippen molar-refractivity contribution in [3.8, 4) is 5.75 Å². The molecule has 1 aromatic rings. The van der Waals surface area contributed by atoms with Gasteiger partial charge in [-0.1, -0.05) is 26.0 Å². The fourth-order valence-corrected chi connectivity index (χ4v) is 2.81. The molecule has 0 aromatic heterocycles. The molecule has 0 saturated heterocycles. The average molecular weight is 466 g/mol. The first-order valence-electron chi connectivity index (χ1n) is 10.2. The third-order valence-corrected chi connectivity index (χ3v) is 4.72. The van der Waals surface area contributed by atoms with E-state index in [1.807, 2.05) is 0 Å².